The summed E-state index contributed by atoms with van der Waals surface area (Å²) in [7, 11) is 0. The standard InChI is InChI=1S/C14H30O2/c1-4-7-9-11-13-14(15,16-6-3)12-10-8-5-2/h15H,4-13H2,1-3H3. The van der Waals surface area contributed by atoms with Gasteiger partial charge in [0.2, 0.25) is 0 Å². The molecule has 0 aliphatic carbocycles. The van der Waals surface area contributed by atoms with Crippen LogP contribution in [0.1, 0.15) is 78.6 Å². The molecule has 0 aliphatic heterocycles. The fourth-order valence-corrected chi connectivity index (χ4v) is 2.02. The van der Waals surface area contributed by atoms with Crippen LogP contribution in [0.4, 0.5) is 0 Å². The van der Waals surface area contributed by atoms with E-state index in [2.05, 4.69) is 13.8 Å². The van der Waals surface area contributed by atoms with Gasteiger partial charge in [0.05, 0.1) is 0 Å². The Morgan fingerprint density at radius 3 is 1.81 bits per heavy atom. The maximum Gasteiger partial charge on any atom is 0.165 e. The maximum absolute atomic E-state index is 10.3. The van der Waals surface area contributed by atoms with Crippen molar-refractivity contribution in [3.05, 3.63) is 0 Å². The van der Waals surface area contributed by atoms with Gasteiger partial charge < -0.3 is 9.84 Å². The molecule has 0 saturated carbocycles. The number of rotatable bonds is 11. The molecule has 16 heavy (non-hydrogen) atoms. The van der Waals surface area contributed by atoms with Crippen LogP contribution in [-0.4, -0.2) is 17.5 Å². The predicted octanol–water partition coefficient (Wildman–Crippen LogP) is 4.26. The van der Waals surface area contributed by atoms with Crippen molar-refractivity contribution in [2.24, 2.45) is 0 Å². The summed E-state index contributed by atoms with van der Waals surface area (Å²) < 4.78 is 5.51. The molecule has 98 valence electrons. The van der Waals surface area contributed by atoms with Crippen LogP contribution in [0.15, 0.2) is 0 Å². The van der Waals surface area contributed by atoms with Crippen LogP contribution in [-0.2, 0) is 4.74 Å². The molecule has 0 aromatic carbocycles. The lowest BCUT2D eigenvalue weighted by atomic mass is 10.0. The van der Waals surface area contributed by atoms with Crippen LogP contribution in [0.25, 0.3) is 0 Å². The van der Waals surface area contributed by atoms with E-state index in [1.807, 2.05) is 6.92 Å². The van der Waals surface area contributed by atoms with Gasteiger partial charge in [-0.15, -0.1) is 0 Å². The zero-order chi connectivity index (χ0) is 12.3. The van der Waals surface area contributed by atoms with Gasteiger partial charge in [-0.1, -0.05) is 46.0 Å². The highest BCUT2D eigenvalue weighted by atomic mass is 16.6. The zero-order valence-corrected chi connectivity index (χ0v) is 11.4. The van der Waals surface area contributed by atoms with E-state index in [0.717, 1.165) is 25.7 Å². The molecule has 1 N–H and O–H groups in total. The summed E-state index contributed by atoms with van der Waals surface area (Å²) in [6, 6.07) is 0. The summed E-state index contributed by atoms with van der Waals surface area (Å²) in [6.07, 6.45) is 9.82. The van der Waals surface area contributed by atoms with Crippen LogP contribution in [0.2, 0.25) is 0 Å². The fourth-order valence-electron chi connectivity index (χ4n) is 2.02. The highest BCUT2D eigenvalue weighted by Crippen LogP contribution is 2.23. The molecule has 0 aromatic rings. The van der Waals surface area contributed by atoms with Crippen molar-refractivity contribution in [1.82, 2.24) is 0 Å². The monoisotopic (exact) mass is 230 g/mol. The summed E-state index contributed by atoms with van der Waals surface area (Å²) in [4.78, 5) is 0. The van der Waals surface area contributed by atoms with Gasteiger partial charge in [-0.3, -0.25) is 0 Å². The SMILES string of the molecule is CCCCCCC(O)(CCCCC)OCC. The van der Waals surface area contributed by atoms with Gasteiger partial charge in [-0.05, 0) is 19.8 Å². The highest BCUT2D eigenvalue weighted by molar-refractivity contribution is 4.67. The van der Waals surface area contributed by atoms with E-state index >= 15 is 0 Å². The van der Waals surface area contributed by atoms with Crippen molar-refractivity contribution < 1.29 is 9.84 Å². The second-order valence-corrected chi connectivity index (χ2v) is 4.65. The molecule has 2 nitrogen and oxygen atoms in total. The van der Waals surface area contributed by atoms with Crippen LogP contribution in [0, 0.1) is 0 Å². The minimum atomic E-state index is -0.850. The highest BCUT2D eigenvalue weighted by Gasteiger charge is 2.25. The summed E-state index contributed by atoms with van der Waals surface area (Å²) in [5, 5.41) is 10.3. The van der Waals surface area contributed by atoms with Gasteiger partial charge in [-0.25, -0.2) is 0 Å². The summed E-state index contributed by atoms with van der Waals surface area (Å²) in [5.74, 6) is -0.850. The first-order chi connectivity index (χ1) is 7.68. The van der Waals surface area contributed by atoms with Gasteiger partial charge in [-0.2, -0.15) is 0 Å². The first kappa shape index (κ1) is 15.9. The molecule has 0 spiro atoms. The number of hydrogen-bond acceptors (Lipinski definition) is 2. The second kappa shape index (κ2) is 10.1. The van der Waals surface area contributed by atoms with E-state index in [1.165, 1.54) is 32.1 Å². The van der Waals surface area contributed by atoms with Crippen LogP contribution in [0.5, 0.6) is 0 Å². The summed E-state index contributed by atoms with van der Waals surface area (Å²) in [5.41, 5.74) is 0. The van der Waals surface area contributed by atoms with Crippen molar-refractivity contribution in [2.75, 3.05) is 6.61 Å². The molecule has 1 atom stereocenters. The van der Waals surface area contributed by atoms with E-state index in [4.69, 9.17) is 4.74 Å². The number of hydrogen-bond donors (Lipinski definition) is 1. The third kappa shape index (κ3) is 8.12. The topological polar surface area (TPSA) is 29.5 Å². The molecule has 0 saturated heterocycles. The molecule has 1 unspecified atom stereocenters. The van der Waals surface area contributed by atoms with E-state index in [0.29, 0.717) is 6.61 Å². The Hall–Kier alpha value is -0.0800. The Bertz CT molecular complexity index is 148. The van der Waals surface area contributed by atoms with Crippen molar-refractivity contribution in [2.45, 2.75) is 84.3 Å². The van der Waals surface area contributed by atoms with E-state index in [9.17, 15) is 5.11 Å². The van der Waals surface area contributed by atoms with Crippen molar-refractivity contribution in [1.29, 1.82) is 0 Å². The van der Waals surface area contributed by atoms with Gasteiger partial charge in [0.15, 0.2) is 5.79 Å². The molecular formula is C14H30O2. The first-order valence-corrected chi connectivity index (χ1v) is 7.04. The van der Waals surface area contributed by atoms with E-state index < -0.39 is 5.79 Å². The Balaban J connectivity index is 3.81. The van der Waals surface area contributed by atoms with Crippen molar-refractivity contribution in [3.63, 3.8) is 0 Å². The maximum atomic E-state index is 10.3. The van der Waals surface area contributed by atoms with Crippen molar-refractivity contribution in [3.8, 4) is 0 Å². The van der Waals surface area contributed by atoms with Gasteiger partial charge in [0.25, 0.3) is 0 Å². The zero-order valence-electron chi connectivity index (χ0n) is 11.4. The van der Waals surface area contributed by atoms with Crippen molar-refractivity contribution >= 4 is 0 Å². The summed E-state index contributed by atoms with van der Waals surface area (Å²) in [6.45, 7) is 6.95. The van der Waals surface area contributed by atoms with E-state index in [1.54, 1.807) is 0 Å². The minimum absolute atomic E-state index is 0.608. The molecule has 0 bridgehead atoms. The fraction of sp³-hybridized carbons (Fsp3) is 1.00. The molecule has 0 amide bonds. The van der Waals surface area contributed by atoms with Crippen LogP contribution >= 0.6 is 0 Å². The molecule has 0 aromatic heterocycles. The number of ether oxygens (including phenoxy) is 1. The Labute approximate surface area is 101 Å². The van der Waals surface area contributed by atoms with Crippen LogP contribution < -0.4 is 0 Å². The van der Waals surface area contributed by atoms with Gasteiger partial charge in [0.1, 0.15) is 0 Å². The lowest BCUT2D eigenvalue weighted by Gasteiger charge is -2.28. The summed E-state index contributed by atoms with van der Waals surface area (Å²) >= 11 is 0. The van der Waals surface area contributed by atoms with E-state index in [-0.39, 0.29) is 0 Å². The minimum Gasteiger partial charge on any atom is -0.365 e. The average Bonchev–Trinajstić information content (AvgIpc) is 2.25. The molecule has 0 heterocycles. The lowest BCUT2D eigenvalue weighted by Crippen LogP contribution is -2.32. The smallest absolute Gasteiger partial charge is 0.165 e. The van der Waals surface area contributed by atoms with Gasteiger partial charge in [0, 0.05) is 19.4 Å². The molecule has 0 aliphatic rings. The first-order valence-electron chi connectivity index (χ1n) is 7.04. The normalized spacial score (nSPS) is 15.0. The Morgan fingerprint density at radius 1 is 0.812 bits per heavy atom. The van der Waals surface area contributed by atoms with Gasteiger partial charge >= 0.3 is 0 Å². The molecule has 2 heteroatoms. The third-order valence-corrected chi connectivity index (χ3v) is 3.00. The number of unbranched alkanes of at least 4 members (excludes halogenated alkanes) is 5. The van der Waals surface area contributed by atoms with Crippen LogP contribution in [0.3, 0.4) is 0 Å². The molecular weight excluding hydrogens is 200 g/mol. The lowest BCUT2D eigenvalue weighted by molar-refractivity contribution is -0.210. The Morgan fingerprint density at radius 2 is 1.31 bits per heavy atom. The largest absolute Gasteiger partial charge is 0.365 e. The Kier molecular flexibility index (Phi) is 10.0. The average molecular weight is 230 g/mol. The predicted molar refractivity (Wildman–Crippen MR) is 69.5 cm³/mol. The number of aliphatic hydroxyl groups is 1. The second-order valence-electron chi connectivity index (χ2n) is 4.65. The molecule has 0 radical (unpaired) electrons. The third-order valence-electron chi connectivity index (χ3n) is 3.00. The molecule has 0 rings (SSSR count). The quantitative estimate of drug-likeness (QED) is 0.424. The molecule has 0 fully saturated rings.